The Labute approximate surface area is 141 Å². The zero-order valence-electron chi connectivity index (χ0n) is 14.2. The molecule has 0 radical (unpaired) electrons. The number of aromatic hydroxyl groups is 1. The molecule has 0 aliphatic carbocycles. The molecule has 124 valence electrons. The summed E-state index contributed by atoms with van der Waals surface area (Å²) < 4.78 is 5.67. The van der Waals surface area contributed by atoms with Crippen molar-refractivity contribution >= 4 is 16.9 Å². The third kappa shape index (κ3) is 3.00. The summed E-state index contributed by atoms with van der Waals surface area (Å²) in [5.74, 6) is 0.191. The Morgan fingerprint density at radius 1 is 1.12 bits per heavy atom. The van der Waals surface area contributed by atoms with Crippen LogP contribution in [0.5, 0.6) is 5.75 Å². The average molecular weight is 323 g/mol. The highest BCUT2D eigenvalue weighted by Gasteiger charge is 2.16. The predicted octanol–water partition coefficient (Wildman–Crippen LogP) is 3.96. The number of para-hydroxylation sites is 1. The van der Waals surface area contributed by atoms with Gasteiger partial charge in [-0.25, -0.2) is 0 Å². The maximum Gasteiger partial charge on any atom is 0.227 e. The minimum absolute atomic E-state index is 0.0146. The first-order valence-electron chi connectivity index (χ1n) is 7.94. The highest BCUT2D eigenvalue weighted by Crippen LogP contribution is 2.27. The van der Waals surface area contributed by atoms with Gasteiger partial charge >= 0.3 is 0 Å². The summed E-state index contributed by atoms with van der Waals surface area (Å²) in [6.45, 7) is 4.44. The van der Waals surface area contributed by atoms with Crippen molar-refractivity contribution in [2.75, 3.05) is 7.05 Å². The minimum atomic E-state index is -0.0146. The second-order valence-electron chi connectivity index (χ2n) is 6.20. The molecule has 0 saturated heterocycles. The zero-order chi connectivity index (χ0) is 17.3. The molecule has 4 heteroatoms. The van der Waals surface area contributed by atoms with E-state index in [4.69, 9.17) is 4.42 Å². The van der Waals surface area contributed by atoms with Gasteiger partial charge in [-0.1, -0.05) is 30.3 Å². The monoisotopic (exact) mass is 323 g/mol. The van der Waals surface area contributed by atoms with E-state index < -0.39 is 0 Å². The van der Waals surface area contributed by atoms with Crippen molar-refractivity contribution in [3.05, 3.63) is 64.9 Å². The topological polar surface area (TPSA) is 53.7 Å². The van der Waals surface area contributed by atoms with Gasteiger partial charge in [0.15, 0.2) is 0 Å². The molecule has 1 heterocycles. The van der Waals surface area contributed by atoms with Gasteiger partial charge in [0.2, 0.25) is 5.91 Å². The molecule has 0 atom stereocenters. The molecule has 0 aliphatic heterocycles. The lowest BCUT2D eigenvalue weighted by atomic mass is 10.0. The molecular weight excluding hydrogens is 302 g/mol. The van der Waals surface area contributed by atoms with Crippen LogP contribution in [0, 0.1) is 13.8 Å². The number of hydrogen-bond acceptors (Lipinski definition) is 3. The Bertz CT molecular complexity index is 895. The SMILES string of the molecule is Cc1ccc2c(CC(=O)N(C)Cc3ccccc3O)coc2c1C. The van der Waals surface area contributed by atoms with Crippen molar-refractivity contribution < 1.29 is 14.3 Å². The number of amides is 1. The third-order valence-corrected chi connectivity index (χ3v) is 4.51. The number of nitrogens with zero attached hydrogens (tertiary/aromatic N) is 1. The van der Waals surface area contributed by atoms with Gasteiger partial charge < -0.3 is 14.4 Å². The smallest absolute Gasteiger partial charge is 0.227 e. The fourth-order valence-corrected chi connectivity index (χ4v) is 2.81. The van der Waals surface area contributed by atoms with Crippen LogP contribution in [0.1, 0.15) is 22.3 Å². The minimum Gasteiger partial charge on any atom is -0.508 e. The molecule has 0 unspecified atom stereocenters. The van der Waals surface area contributed by atoms with Gasteiger partial charge in [0.1, 0.15) is 11.3 Å². The molecular formula is C20H21NO3. The van der Waals surface area contributed by atoms with Crippen molar-refractivity contribution in [1.82, 2.24) is 4.90 Å². The molecule has 0 aliphatic rings. The summed E-state index contributed by atoms with van der Waals surface area (Å²) in [7, 11) is 1.74. The summed E-state index contributed by atoms with van der Waals surface area (Å²) in [4.78, 5) is 14.1. The zero-order valence-corrected chi connectivity index (χ0v) is 14.2. The number of fused-ring (bicyclic) bond motifs is 1. The number of likely N-dealkylation sites (N-methyl/N-ethyl adjacent to an activating group) is 1. The summed E-state index contributed by atoms with van der Waals surface area (Å²) in [6.07, 6.45) is 1.95. The average Bonchev–Trinajstić information content (AvgIpc) is 2.96. The van der Waals surface area contributed by atoms with Crippen molar-refractivity contribution in [3.63, 3.8) is 0 Å². The normalized spacial score (nSPS) is 11.0. The fraction of sp³-hybridized carbons (Fsp3) is 0.250. The molecule has 0 spiro atoms. The van der Waals surface area contributed by atoms with E-state index in [1.807, 2.05) is 38.1 Å². The Morgan fingerprint density at radius 2 is 1.88 bits per heavy atom. The van der Waals surface area contributed by atoms with Crippen LogP contribution in [0.25, 0.3) is 11.0 Å². The van der Waals surface area contributed by atoms with Gasteiger partial charge in [-0.05, 0) is 31.0 Å². The van der Waals surface area contributed by atoms with Gasteiger partial charge in [-0.3, -0.25) is 4.79 Å². The van der Waals surface area contributed by atoms with Crippen molar-refractivity contribution in [1.29, 1.82) is 0 Å². The van der Waals surface area contributed by atoms with Crippen LogP contribution in [0.3, 0.4) is 0 Å². The Kier molecular flexibility index (Phi) is 4.30. The maximum atomic E-state index is 12.5. The van der Waals surface area contributed by atoms with E-state index in [0.29, 0.717) is 6.54 Å². The Hall–Kier alpha value is -2.75. The number of carbonyl (C=O) groups is 1. The quantitative estimate of drug-likeness (QED) is 0.791. The summed E-state index contributed by atoms with van der Waals surface area (Å²) >= 11 is 0. The van der Waals surface area contributed by atoms with Crippen LogP contribution >= 0.6 is 0 Å². The van der Waals surface area contributed by atoms with E-state index in [1.54, 1.807) is 30.3 Å². The number of hydrogen-bond donors (Lipinski definition) is 1. The maximum absolute atomic E-state index is 12.5. The number of furan rings is 1. The van der Waals surface area contributed by atoms with Gasteiger partial charge in [-0.15, -0.1) is 0 Å². The molecule has 3 rings (SSSR count). The lowest BCUT2D eigenvalue weighted by Gasteiger charge is -2.17. The van der Waals surface area contributed by atoms with Gasteiger partial charge in [-0.2, -0.15) is 0 Å². The molecule has 1 aromatic heterocycles. The molecule has 1 N–H and O–H groups in total. The molecule has 1 amide bonds. The number of aryl methyl sites for hydroxylation is 2. The lowest BCUT2D eigenvalue weighted by molar-refractivity contribution is -0.129. The first-order chi connectivity index (χ1) is 11.5. The van der Waals surface area contributed by atoms with Gasteiger partial charge in [0, 0.05) is 30.1 Å². The Balaban J connectivity index is 1.77. The summed E-state index contributed by atoms with van der Waals surface area (Å²) in [5.41, 5.74) is 4.75. The number of phenolic OH excluding ortho intramolecular Hbond substituents is 1. The highest BCUT2D eigenvalue weighted by molar-refractivity contribution is 5.89. The summed E-state index contributed by atoms with van der Waals surface area (Å²) in [6, 6.07) is 11.1. The molecule has 4 nitrogen and oxygen atoms in total. The molecule has 0 saturated carbocycles. The Morgan fingerprint density at radius 3 is 2.62 bits per heavy atom. The van der Waals surface area contributed by atoms with E-state index in [9.17, 15) is 9.90 Å². The molecule has 24 heavy (non-hydrogen) atoms. The van der Waals surface area contributed by atoms with Crippen molar-refractivity contribution in [2.24, 2.45) is 0 Å². The summed E-state index contributed by atoms with van der Waals surface area (Å²) in [5, 5.41) is 10.8. The number of phenols is 1. The van der Waals surface area contributed by atoms with Gasteiger partial charge in [0.05, 0.1) is 12.7 Å². The van der Waals surface area contributed by atoms with E-state index in [0.717, 1.165) is 27.7 Å². The predicted molar refractivity (Wildman–Crippen MR) is 94.0 cm³/mol. The van der Waals surface area contributed by atoms with E-state index >= 15 is 0 Å². The molecule has 0 bridgehead atoms. The second kappa shape index (κ2) is 6.40. The van der Waals surface area contributed by atoms with Crippen LogP contribution in [-0.4, -0.2) is 23.0 Å². The first kappa shape index (κ1) is 16.1. The van der Waals surface area contributed by atoms with Crippen molar-refractivity contribution in [2.45, 2.75) is 26.8 Å². The van der Waals surface area contributed by atoms with Crippen LogP contribution in [-0.2, 0) is 17.8 Å². The van der Waals surface area contributed by atoms with Crippen molar-refractivity contribution in [3.8, 4) is 5.75 Å². The number of benzene rings is 2. The standard InChI is InChI=1S/C20H21NO3/c1-13-8-9-17-16(12-24-20(17)14(13)2)10-19(23)21(3)11-15-6-4-5-7-18(15)22/h4-9,12,22H,10-11H2,1-3H3. The van der Waals surface area contributed by atoms with E-state index in [-0.39, 0.29) is 18.1 Å². The molecule has 0 fully saturated rings. The van der Waals surface area contributed by atoms with Crippen LogP contribution in [0.15, 0.2) is 47.1 Å². The van der Waals surface area contributed by atoms with E-state index in [2.05, 4.69) is 0 Å². The third-order valence-electron chi connectivity index (χ3n) is 4.51. The largest absolute Gasteiger partial charge is 0.508 e. The van der Waals surface area contributed by atoms with Crippen LogP contribution in [0.2, 0.25) is 0 Å². The molecule has 3 aromatic rings. The van der Waals surface area contributed by atoms with E-state index in [1.165, 1.54) is 5.56 Å². The van der Waals surface area contributed by atoms with Gasteiger partial charge in [0.25, 0.3) is 0 Å². The molecule has 2 aromatic carbocycles. The number of carbonyl (C=O) groups excluding carboxylic acids is 1. The lowest BCUT2D eigenvalue weighted by Crippen LogP contribution is -2.27. The second-order valence-corrected chi connectivity index (χ2v) is 6.20. The number of rotatable bonds is 4. The van der Waals surface area contributed by atoms with Crippen LogP contribution in [0.4, 0.5) is 0 Å². The van der Waals surface area contributed by atoms with Crippen LogP contribution < -0.4 is 0 Å². The highest BCUT2D eigenvalue weighted by atomic mass is 16.3. The fourth-order valence-electron chi connectivity index (χ4n) is 2.81. The first-order valence-corrected chi connectivity index (χ1v) is 7.94.